The Balaban J connectivity index is 1.71. The van der Waals surface area contributed by atoms with Crippen molar-refractivity contribution in [2.24, 2.45) is 0 Å². The minimum atomic E-state index is 0.361. The average molecular weight is 286 g/mol. The molecule has 1 atom stereocenters. The molecule has 0 radical (unpaired) electrons. The standard InChI is InChI=1S/C17H22N2O2/c1-3-14-11-17(21-18-14)16-5-4-10-19(16)12-13-6-8-15(20-2)9-7-13/h6-9,11,16H,3-5,10,12H2,1-2H3. The molecule has 1 aliphatic heterocycles. The minimum Gasteiger partial charge on any atom is -0.497 e. The SMILES string of the molecule is CCc1cc(C2CCCN2Cc2ccc(OC)cc2)on1. The molecular formula is C17H22N2O2. The summed E-state index contributed by atoms with van der Waals surface area (Å²) in [6.07, 6.45) is 3.28. The maximum Gasteiger partial charge on any atom is 0.154 e. The van der Waals surface area contributed by atoms with Crippen LogP contribution >= 0.6 is 0 Å². The van der Waals surface area contributed by atoms with Crippen molar-refractivity contribution in [3.05, 3.63) is 47.3 Å². The van der Waals surface area contributed by atoms with Gasteiger partial charge in [0, 0.05) is 12.6 Å². The van der Waals surface area contributed by atoms with Gasteiger partial charge in [0.2, 0.25) is 0 Å². The molecule has 0 amide bonds. The highest BCUT2D eigenvalue weighted by Gasteiger charge is 2.29. The van der Waals surface area contributed by atoms with Crippen LogP contribution in [-0.2, 0) is 13.0 Å². The van der Waals surface area contributed by atoms with Gasteiger partial charge >= 0.3 is 0 Å². The molecule has 4 nitrogen and oxygen atoms in total. The number of hydrogen-bond acceptors (Lipinski definition) is 4. The molecule has 21 heavy (non-hydrogen) atoms. The summed E-state index contributed by atoms with van der Waals surface area (Å²) in [5.41, 5.74) is 2.35. The quantitative estimate of drug-likeness (QED) is 0.842. The van der Waals surface area contributed by atoms with Crippen molar-refractivity contribution in [1.29, 1.82) is 0 Å². The molecule has 1 aromatic heterocycles. The Morgan fingerprint density at radius 3 is 2.81 bits per heavy atom. The molecule has 1 aromatic carbocycles. The predicted octanol–water partition coefficient (Wildman–Crippen LogP) is 3.58. The van der Waals surface area contributed by atoms with Crippen LogP contribution in [0.4, 0.5) is 0 Å². The third-order valence-electron chi connectivity index (χ3n) is 4.18. The number of aromatic nitrogens is 1. The minimum absolute atomic E-state index is 0.361. The second kappa shape index (κ2) is 6.31. The van der Waals surface area contributed by atoms with Gasteiger partial charge in [0.25, 0.3) is 0 Å². The lowest BCUT2D eigenvalue weighted by Crippen LogP contribution is -2.22. The topological polar surface area (TPSA) is 38.5 Å². The molecule has 0 saturated carbocycles. The first-order chi connectivity index (χ1) is 10.3. The van der Waals surface area contributed by atoms with E-state index in [1.54, 1.807) is 7.11 Å². The lowest BCUT2D eigenvalue weighted by atomic mass is 10.1. The summed E-state index contributed by atoms with van der Waals surface area (Å²) in [4.78, 5) is 2.47. The smallest absolute Gasteiger partial charge is 0.154 e. The fraction of sp³-hybridized carbons (Fsp3) is 0.471. The normalized spacial score (nSPS) is 19.0. The molecule has 0 aliphatic carbocycles. The van der Waals surface area contributed by atoms with Crippen molar-refractivity contribution in [3.8, 4) is 5.75 Å². The van der Waals surface area contributed by atoms with Gasteiger partial charge in [0.05, 0.1) is 18.8 Å². The number of methoxy groups -OCH3 is 1. The zero-order valence-electron chi connectivity index (χ0n) is 12.7. The van der Waals surface area contributed by atoms with E-state index in [-0.39, 0.29) is 0 Å². The Morgan fingerprint density at radius 1 is 1.33 bits per heavy atom. The number of ether oxygens (including phenoxy) is 1. The van der Waals surface area contributed by atoms with Gasteiger partial charge in [-0.1, -0.05) is 24.2 Å². The second-order valence-electron chi connectivity index (χ2n) is 5.55. The molecule has 0 spiro atoms. The molecule has 0 N–H and O–H groups in total. The van der Waals surface area contributed by atoms with Crippen LogP contribution in [0.3, 0.4) is 0 Å². The Bertz CT molecular complexity index is 577. The van der Waals surface area contributed by atoms with Crippen LogP contribution in [-0.4, -0.2) is 23.7 Å². The third-order valence-corrected chi connectivity index (χ3v) is 4.18. The Kier molecular flexibility index (Phi) is 4.25. The van der Waals surface area contributed by atoms with Gasteiger partial charge < -0.3 is 9.26 Å². The van der Waals surface area contributed by atoms with Gasteiger partial charge in [-0.3, -0.25) is 4.90 Å². The number of nitrogens with zero attached hydrogens (tertiary/aromatic N) is 2. The van der Waals surface area contributed by atoms with E-state index in [0.29, 0.717) is 6.04 Å². The molecule has 2 aromatic rings. The lowest BCUT2D eigenvalue weighted by molar-refractivity contribution is 0.206. The number of likely N-dealkylation sites (tertiary alicyclic amines) is 1. The van der Waals surface area contributed by atoms with Crippen molar-refractivity contribution in [3.63, 3.8) is 0 Å². The van der Waals surface area contributed by atoms with Crippen LogP contribution in [0.2, 0.25) is 0 Å². The predicted molar refractivity (Wildman–Crippen MR) is 81.3 cm³/mol. The van der Waals surface area contributed by atoms with Crippen LogP contribution in [0.1, 0.15) is 42.8 Å². The summed E-state index contributed by atoms with van der Waals surface area (Å²) >= 11 is 0. The van der Waals surface area contributed by atoms with Crippen LogP contribution in [0.15, 0.2) is 34.9 Å². The maximum atomic E-state index is 5.53. The average Bonchev–Trinajstić information content (AvgIpc) is 3.16. The van der Waals surface area contributed by atoms with Crippen molar-refractivity contribution in [2.75, 3.05) is 13.7 Å². The van der Waals surface area contributed by atoms with Crippen molar-refractivity contribution in [1.82, 2.24) is 10.1 Å². The van der Waals surface area contributed by atoms with E-state index in [9.17, 15) is 0 Å². The van der Waals surface area contributed by atoms with Crippen LogP contribution in [0, 0.1) is 0 Å². The Hall–Kier alpha value is -1.81. The fourth-order valence-electron chi connectivity index (χ4n) is 2.95. The summed E-state index contributed by atoms with van der Waals surface area (Å²) < 4.78 is 10.7. The number of benzene rings is 1. The van der Waals surface area contributed by atoms with Crippen molar-refractivity contribution >= 4 is 0 Å². The summed E-state index contributed by atoms with van der Waals surface area (Å²) in [5, 5.41) is 4.13. The summed E-state index contributed by atoms with van der Waals surface area (Å²) in [5.74, 6) is 1.91. The van der Waals surface area contributed by atoms with Gasteiger partial charge in [0.1, 0.15) is 5.75 Å². The first kappa shape index (κ1) is 14.1. The van der Waals surface area contributed by atoms with Gasteiger partial charge in [0.15, 0.2) is 5.76 Å². The van der Waals surface area contributed by atoms with E-state index < -0.39 is 0 Å². The molecular weight excluding hydrogens is 264 g/mol. The first-order valence-corrected chi connectivity index (χ1v) is 7.62. The summed E-state index contributed by atoms with van der Waals surface area (Å²) in [6, 6.07) is 10.8. The Morgan fingerprint density at radius 2 is 2.14 bits per heavy atom. The zero-order chi connectivity index (χ0) is 14.7. The van der Waals surface area contributed by atoms with Crippen molar-refractivity contribution in [2.45, 2.75) is 38.8 Å². The largest absolute Gasteiger partial charge is 0.497 e. The van der Waals surface area contributed by atoms with E-state index in [0.717, 1.165) is 43.1 Å². The number of hydrogen-bond donors (Lipinski definition) is 0. The summed E-state index contributed by atoms with van der Waals surface area (Å²) in [6.45, 7) is 4.15. The molecule has 1 fully saturated rings. The van der Waals surface area contributed by atoms with E-state index in [4.69, 9.17) is 9.26 Å². The van der Waals surface area contributed by atoms with Crippen LogP contribution < -0.4 is 4.74 Å². The molecule has 2 heterocycles. The highest BCUT2D eigenvalue weighted by Crippen LogP contribution is 2.33. The molecule has 0 bridgehead atoms. The van der Waals surface area contributed by atoms with E-state index in [1.807, 2.05) is 12.1 Å². The van der Waals surface area contributed by atoms with Crippen LogP contribution in [0.5, 0.6) is 5.75 Å². The molecule has 1 unspecified atom stereocenters. The van der Waals surface area contributed by atoms with E-state index >= 15 is 0 Å². The zero-order valence-corrected chi connectivity index (χ0v) is 12.7. The number of aryl methyl sites for hydroxylation is 1. The Labute approximate surface area is 125 Å². The molecule has 1 aliphatic rings. The molecule has 1 saturated heterocycles. The first-order valence-electron chi connectivity index (χ1n) is 7.62. The third kappa shape index (κ3) is 3.10. The molecule has 112 valence electrons. The van der Waals surface area contributed by atoms with Gasteiger partial charge in [-0.15, -0.1) is 0 Å². The van der Waals surface area contributed by atoms with E-state index in [1.165, 1.54) is 12.0 Å². The molecule has 3 rings (SSSR count). The van der Waals surface area contributed by atoms with Crippen LogP contribution in [0.25, 0.3) is 0 Å². The van der Waals surface area contributed by atoms with Gasteiger partial charge in [-0.2, -0.15) is 0 Å². The maximum absolute atomic E-state index is 5.53. The highest BCUT2D eigenvalue weighted by atomic mass is 16.5. The summed E-state index contributed by atoms with van der Waals surface area (Å²) in [7, 11) is 1.70. The molecule has 4 heteroatoms. The van der Waals surface area contributed by atoms with Gasteiger partial charge in [-0.25, -0.2) is 0 Å². The monoisotopic (exact) mass is 286 g/mol. The fourth-order valence-corrected chi connectivity index (χ4v) is 2.95. The van der Waals surface area contributed by atoms with E-state index in [2.05, 4.69) is 35.2 Å². The van der Waals surface area contributed by atoms with Gasteiger partial charge in [-0.05, 0) is 43.5 Å². The lowest BCUT2D eigenvalue weighted by Gasteiger charge is -2.22. The van der Waals surface area contributed by atoms with Crippen molar-refractivity contribution < 1.29 is 9.26 Å². The highest BCUT2D eigenvalue weighted by molar-refractivity contribution is 5.27. The number of rotatable bonds is 5. The second-order valence-corrected chi connectivity index (χ2v) is 5.55.